The second-order valence-corrected chi connectivity index (χ2v) is 5.13. The first-order valence-electron chi connectivity index (χ1n) is 7.03. The van der Waals surface area contributed by atoms with Gasteiger partial charge >= 0.3 is 0 Å². The van der Waals surface area contributed by atoms with Crippen LogP contribution in [0.4, 0.5) is 0 Å². The molecule has 1 N–H and O–H groups in total. The third-order valence-corrected chi connectivity index (χ3v) is 3.71. The van der Waals surface area contributed by atoms with E-state index in [4.69, 9.17) is 4.74 Å². The van der Waals surface area contributed by atoms with E-state index in [2.05, 4.69) is 5.32 Å². The molecular formula is C18H21NO2. The fourth-order valence-corrected chi connectivity index (χ4v) is 2.29. The van der Waals surface area contributed by atoms with Crippen LogP contribution in [0.3, 0.4) is 0 Å². The summed E-state index contributed by atoms with van der Waals surface area (Å²) in [6.07, 6.45) is 0. The first-order valence-corrected chi connectivity index (χ1v) is 7.03. The summed E-state index contributed by atoms with van der Waals surface area (Å²) < 4.78 is 5.18. The minimum absolute atomic E-state index is 0.0385. The van der Waals surface area contributed by atoms with Crippen molar-refractivity contribution in [2.24, 2.45) is 0 Å². The number of hydrogen-bond donors (Lipinski definition) is 1. The van der Waals surface area contributed by atoms with Crippen molar-refractivity contribution in [3.8, 4) is 0 Å². The first-order chi connectivity index (χ1) is 10.1. The smallest absolute Gasteiger partial charge is 0.251 e. The number of carbonyl (C=O) groups is 1. The third kappa shape index (κ3) is 3.70. The maximum absolute atomic E-state index is 12.3. The topological polar surface area (TPSA) is 38.3 Å². The van der Waals surface area contributed by atoms with Gasteiger partial charge in [-0.05, 0) is 42.2 Å². The maximum atomic E-state index is 12.3. The average molecular weight is 283 g/mol. The lowest BCUT2D eigenvalue weighted by molar-refractivity contribution is 0.0949. The number of benzene rings is 2. The Morgan fingerprint density at radius 2 is 1.76 bits per heavy atom. The summed E-state index contributed by atoms with van der Waals surface area (Å²) in [6.45, 7) is 5.05. The molecular weight excluding hydrogens is 262 g/mol. The third-order valence-electron chi connectivity index (χ3n) is 3.71. The van der Waals surface area contributed by atoms with Crippen LogP contribution in [0.25, 0.3) is 0 Å². The second-order valence-electron chi connectivity index (χ2n) is 5.13. The molecule has 3 heteroatoms. The van der Waals surface area contributed by atoms with E-state index < -0.39 is 0 Å². The summed E-state index contributed by atoms with van der Waals surface area (Å²) in [5.74, 6) is -0.0385. The van der Waals surface area contributed by atoms with Crippen LogP contribution in [0.2, 0.25) is 0 Å². The van der Waals surface area contributed by atoms with Crippen LogP contribution in [-0.2, 0) is 17.9 Å². The molecule has 2 aromatic carbocycles. The summed E-state index contributed by atoms with van der Waals surface area (Å²) in [5.41, 5.74) is 5.07. The monoisotopic (exact) mass is 283 g/mol. The largest absolute Gasteiger partial charge is 0.380 e. The highest BCUT2D eigenvalue weighted by Crippen LogP contribution is 2.14. The van der Waals surface area contributed by atoms with E-state index in [0.29, 0.717) is 13.2 Å². The second kappa shape index (κ2) is 7.04. The molecule has 0 aliphatic heterocycles. The Balaban J connectivity index is 2.09. The summed E-state index contributed by atoms with van der Waals surface area (Å²) in [6, 6.07) is 13.8. The van der Waals surface area contributed by atoms with Gasteiger partial charge in [-0.25, -0.2) is 0 Å². The number of rotatable bonds is 5. The van der Waals surface area contributed by atoms with Crippen molar-refractivity contribution in [2.45, 2.75) is 27.0 Å². The Bertz CT molecular complexity index is 635. The average Bonchev–Trinajstić information content (AvgIpc) is 2.49. The molecule has 110 valence electrons. The molecule has 0 radical (unpaired) electrons. The quantitative estimate of drug-likeness (QED) is 0.913. The number of hydrogen-bond acceptors (Lipinski definition) is 2. The number of methoxy groups -OCH3 is 1. The van der Waals surface area contributed by atoms with Gasteiger partial charge in [0.05, 0.1) is 6.61 Å². The molecule has 1 amide bonds. The van der Waals surface area contributed by atoms with E-state index in [9.17, 15) is 4.79 Å². The van der Waals surface area contributed by atoms with Gasteiger partial charge in [0.25, 0.3) is 5.91 Å². The molecule has 0 atom stereocenters. The summed E-state index contributed by atoms with van der Waals surface area (Å²) in [4.78, 5) is 12.3. The highest BCUT2D eigenvalue weighted by Gasteiger charge is 2.10. The molecule has 3 nitrogen and oxygen atoms in total. The van der Waals surface area contributed by atoms with Crippen LogP contribution in [0.15, 0.2) is 42.5 Å². The van der Waals surface area contributed by atoms with Crippen molar-refractivity contribution >= 4 is 5.91 Å². The van der Waals surface area contributed by atoms with Gasteiger partial charge in [-0.2, -0.15) is 0 Å². The summed E-state index contributed by atoms with van der Waals surface area (Å²) in [5, 5.41) is 2.99. The Kier molecular flexibility index (Phi) is 5.12. The van der Waals surface area contributed by atoms with Crippen molar-refractivity contribution in [1.29, 1.82) is 0 Å². The highest BCUT2D eigenvalue weighted by atomic mass is 16.5. The Morgan fingerprint density at radius 1 is 1.05 bits per heavy atom. The van der Waals surface area contributed by atoms with Gasteiger partial charge in [-0.1, -0.05) is 36.4 Å². The van der Waals surface area contributed by atoms with Crippen LogP contribution in [0.5, 0.6) is 0 Å². The van der Waals surface area contributed by atoms with Crippen LogP contribution in [0.1, 0.15) is 32.6 Å². The minimum Gasteiger partial charge on any atom is -0.380 e. The van der Waals surface area contributed by atoms with Crippen molar-refractivity contribution in [3.63, 3.8) is 0 Å². The van der Waals surface area contributed by atoms with Gasteiger partial charge in [0, 0.05) is 19.2 Å². The Labute approximate surface area is 126 Å². The standard InChI is InChI=1S/C18H21NO2/c1-13-7-6-10-17(14(13)2)18(20)19-11-15-8-4-5-9-16(15)12-21-3/h4-10H,11-12H2,1-3H3,(H,19,20). The summed E-state index contributed by atoms with van der Waals surface area (Å²) >= 11 is 0. The van der Waals surface area contributed by atoms with Crippen LogP contribution in [-0.4, -0.2) is 13.0 Å². The number of carbonyl (C=O) groups excluding carboxylic acids is 1. The van der Waals surface area contributed by atoms with Crippen LogP contribution >= 0.6 is 0 Å². The normalized spacial score (nSPS) is 10.4. The maximum Gasteiger partial charge on any atom is 0.251 e. The van der Waals surface area contributed by atoms with E-state index in [0.717, 1.165) is 27.8 Å². The van der Waals surface area contributed by atoms with Gasteiger partial charge in [0.1, 0.15) is 0 Å². The fourth-order valence-electron chi connectivity index (χ4n) is 2.29. The van der Waals surface area contributed by atoms with Crippen molar-refractivity contribution < 1.29 is 9.53 Å². The van der Waals surface area contributed by atoms with E-state index in [-0.39, 0.29) is 5.91 Å². The van der Waals surface area contributed by atoms with Crippen molar-refractivity contribution in [2.75, 3.05) is 7.11 Å². The molecule has 0 fully saturated rings. The lowest BCUT2D eigenvalue weighted by Crippen LogP contribution is -2.24. The van der Waals surface area contributed by atoms with E-state index >= 15 is 0 Å². The van der Waals surface area contributed by atoms with Crippen molar-refractivity contribution in [3.05, 3.63) is 70.3 Å². The minimum atomic E-state index is -0.0385. The molecule has 0 spiro atoms. The molecule has 2 aromatic rings. The van der Waals surface area contributed by atoms with Gasteiger partial charge in [0.15, 0.2) is 0 Å². The zero-order valence-corrected chi connectivity index (χ0v) is 12.8. The SMILES string of the molecule is COCc1ccccc1CNC(=O)c1cccc(C)c1C. The number of nitrogens with one attached hydrogen (secondary N) is 1. The predicted molar refractivity (Wildman–Crippen MR) is 84.2 cm³/mol. The fraction of sp³-hybridized carbons (Fsp3) is 0.278. The molecule has 0 unspecified atom stereocenters. The molecule has 0 aromatic heterocycles. The number of ether oxygens (including phenoxy) is 1. The van der Waals surface area contributed by atoms with E-state index in [1.54, 1.807) is 7.11 Å². The predicted octanol–water partition coefficient (Wildman–Crippen LogP) is 3.38. The molecule has 0 bridgehead atoms. The lowest BCUT2D eigenvalue weighted by Gasteiger charge is -2.12. The van der Waals surface area contributed by atoms with Crippen LogP contribution < -0.4 is 5.32 Å². The highest BCUT2D eigenvalue weighted by molar-refractivity contribution is 5.95. The van der Waals surface area contributed by atoms with Gasteiger partial charge in [0.2, 0.25) is 0 Å². The molecule has 0 saturated heterocycles. The molecule has 0 heterocycles. The Morgan fingerprint density at radius 3 is 2.48 bits per heavy atom. The van der Waals surface area contributed by atoms with E-state index in [1.165, 1.54) is 0 Å². The molecule has 2 rings (SSSR count). The molecule has 21 heavy (non-hydrogen) atoms. The van der Waals surface area contributed by atoms with Gasteiger partial charge < -0.3 is 10.1 Å². The number of amides is 1. The van der Waals surface area contributed by atoms with Gasteiger partial charge in [-0.15, -0.1) is 0 Å². The van der Waals surface area contributed by atoms with Crippen LogP contribution in [0, 0.1) is 13.8 Å². The van der Waals surface area contributed by atoms with E-state index in [1.807, 2.05) is 56.3 Å². The zero-order valence-electron chi connectivity index (χ0n) is 12.8. The zero-order chi connectivity index (χ0) is 15.2. The lowest BCUT2D eigenvalue weighted by atomic mass is 10.0. The summed E-state index contributed by atoms with van der Waals surface area (Å²) in [7, 11) is 1.67. The molecule has 0 aliphatic rings. The molecule has 0 aliphatic carbocycles. The first kappa shape index (κ1) is 15.3. The van der Waals surface area contributed by atoms with Gasteiger partial charge in [-0.3, -0.25) is 4.79 Å². The number of aryl methyl sites for hydroxylation is 1. The Hall–Kier alpha value is -2.13. The molecule has 0 saturated carbocycles. The van der Waals surface area contributed by atoms with Crippen molar-refractivity contribution in [1.82, 2.24) is 5.32 Å².